The largest absolute Gasteiger partial charge is 0.393 e. The highest BCUT2D eigenvalue weighted by atomic mass is 16.5. The van der Waals surface area contributed by atoms with Crippen molar-refractivity contribution in [2.75, 3.05) is 7.11 Å². The summed E-state index contributed by atoms with van der Waals surface area (Å²) in [7, 11) is 1.75. The molecule has 0 saturated carbocycles. The Hall–Kier alpha value is -3.20. The molecule has 0 aromatic carbocycles. The van der Waals surface area contributed by atoms with Gasteiger partial charge in [-0.25, -0.2) is 0 Å². The zero-order chi connectivity index (χ0) is 32.5. The molecule has 1 aliphatic rings. The van der Waals surface area contributed by atoms with Crippen LogP contribution in [-0.4, -0.2) is 23.9 Å². The second-order valence-electron chi connectivity index (χ2n) is 13.1. The van der Waals surface area contributed by atoms with Gasteiger partial charge >= 0.3 is 0 Å². The van der Waals surface area contributed by atoms with E-state index in [-0.39, 0.29) is 17.1 Å². The minimum Gasteiger partial charge on any atom is -0.393 e. The van der Waals surface area contributed by atoms with Crippen molar-refractivity contribution in [3.05, 3.63) is 142 Å². The molecular weight excluding hydrogens is 524 g/mol. The van der Waals surface area contributed by atoms with Crippen molar-refractivity contribution in [3.63, 3.8) is 0 Å². The van der Waals surface area contributed by atoms with Crippen molar-refractivity contribution in [1.82, 2.24) is 0 Å². The van der Waals surface area contributed by atoms with E-state index in [2.05, 4.69) is 173 Å². The Balaban J connectivity index is 2.61. The lowest BCUT2D eigenvalue weighted by Gasteiger charge is -2.35. The first kappa shape index (κ1) is 37.8. The summed E-state index contributed by atoms with van der Waals surface area (Å²) in [6.07, 6.45) is 38.4. The first-order valence-corrected chi connectivity index (χ1v) is 15.5. The molecule has 1 atom stereocenters. The monoisotopic (exact) mass is 582 g/mol. The summed E-state index contributed by atoms with van der Waals surface area (Å²) >= 11 is 0. The maximum absolute atomic E-state index is 10.1. The van der Waals surface area contributed by atoms with Crippen LogP contribution in [0.2, 0.25) is 0 Å². The van der Waals surface area contributed by atoms with Crippen LogP contribution < -0.4 is 0 Å². The molecule has 2 heteroatoms. The molecule has 1 rings (SSSR count). The van der Waals surface area contributed by atoms with Crippen LogP contribution in [0, 0.1) is 5.41 Å². The highest BCUT2D eigenvalue weighted by Crippen LogP contribution is 2.41. The summed E-state index contributed by atoms with van der Waals surface area (Å²) in [5, 5.41) is 10.1. The summed E-state index contributed by atoms with van der Waals surface area (Å²) in [4.78, 5) is 0. The van der Waals surface area contributed by atoms with E-state index in [1.807, 2.05) is 0 Å². The normalized spacial score (nSPS) is 20.6. The number of ether oxygens (including phenoxy) is 1. The fourth-order valence-electron chi connectivity index (χ4n) is 4.75. The quantitative estimate of drug-likeness (QED) is 0.206. The molecule has 0 aromatic heterocycles. The predicted octanol–water partition coefficient (Wildman–Crippen LogP) is 11.4. The Morgan fingerprint density at radius 2 is 1.16 bits per heavy atom. The van der Waals surface area contributed by atoms with Crippen LogP contribution in [0.1, 0.15) is 88.5 Å². The van der Waals surface area contributed by atoms with Crippen molar-refractivity contribution in [1.29, 1.82) is 0 Å². The van der Waals surface area contributed by atoms with Crippen molar-refractivity contribution in [3.8, 4) is 0 Å². The Morgan fingerprint density at radius 1 is 0.744 bits per heavy atom. The zero-order valence-electron chi connectivity index (χ0n) is 28.9. The Morgan fingerprint density at radius 3 is 1.60 bits per heavy atom. The molecule has 1 aliphatic carbocycles. The van der Waals surface area contributed by atoms with Gasteiger partial charge in [-0.15, -0.1) is 0 Å². The highest BCUT2D eigenvalue weighted by molar-refractivity contribution is 5.38. The second-order valence-corrected chi connectivity index (χ2v) is 13.1. The number of methoxy groups -OCH3 is 1. The summed E-state index contributed by atoms with van der Waals surface area (Å²) < 4.78 is 5.45. The van der Waals surface area contributed by atoms with Gasteiger partial charge in [-0.2, -0.15) is 0 Å². The lowest BCUT2D eigenvalue weighted by molar-refractivity contribution is 0.0255. The van der Waals surface area contributed by atoms with Crippen LogP contribution in [-0.2, 0) is 4.74 Å². The average molecular weight is 583 g/mol. The Labute approximate surface area is 264 Å². The summed E-state index contributed by atoms with van der Waals surface area (Å²) in [5.41, 5.74) is 8.52. The standard InChI is InChI=1S/C41H58O2/c1-32(20-14-22-34(3)23-15-24-35(4)26-17-29-41(9,10)43-11)18-12-13-19-33(2)21-16-25-36(5)27-28-39-37(6)30-38(42)31-40(39,7)8/h12-28,38,42H,29-31H2,1-11H3. The van der Waals surface area contributed by atoms with E-state index in [0.717, 1.165) is 19.3 Å². The second kappa shape index (κ2) is 19.2. The first-order valence-electron chi connectivity index (χ1n) is 15.5. The maximum atomic E-state index is 10.1. The predicted molar refractivity (Wildman–Crippen MR) is 191 cm³/mol. The summed E-state index contributed by atoms with van der Waals surface area (Å²) in [6, 6.07) is 0. The van der Waals surface area contributed by atoms with Crippen LogP contribution >= 0.6 is 0 Å². The van der Waals surface area contributed by atoms with Gasteiger partial charge in [0.05, 0.1) is 11.7 Å². The summed E-state index contributed by atoms with van der Waals surface area (Å²) in [5.74, 6) is 0. The third-order valence-electron chi connectivity index (χ3n) is 7.52. The smallest absolute Gasteiger partial charge is 0.0657 e. The van der Waals surface area contributed by atoms with Gasteiger partial charge in [-0.3, -0.25) is 0 Å². The van der Waals surface area contributed by atoms with Gasteiger partial charge in [0, 0.05) is 7.11 Å². The van der Waals surface area contributed by atoms with E-state index in [9.17, 15) is 5.11 Å². The molecule has 1 unspecified atom stereocenters. The van der Waals surface area contributed by atoms with Crippen molar-refractivity contribution < 1.29 is 9.84 Å². The molecule has 0 aliphatic heterocycles. The number of hydrogen-bond donors (Lipinski definition) is 1. The van der Waals surface area contributed by atoms with E-state index >= 15 is 0 Å². The van der Waals surface area contributed by atoms with E-state index < -0.39 is 0 Å². The van der Waals surface area contributed by atoms with Crippen LogP contribution in [0.25, 0.3) is 0 Å². The molecule has 1 N–H and O–H groups in total. The van der Waals surface area contributed by atoms with Gasteiger partial charge in [-0.1, -0.05) is 151 Å². The van der Waals surface area contributed by atoms with Crippen LogP contribution in [0.15, 0.2) is 142 Å². The molecule has 0 spiro atoms. The van der Waals surface area contributed by atoms with E-state index in [1.54, 1.807) is 7.11 Å². The molecular formula is C41H58O2. The average Bonchev–Trinajstić information content (AvgIpc) is 2.90. The summed E-state index contributed by atoms with van der Waals surface area (Å²) in [6.45, 7) is 21.3. The van der Waals surface area contributed by atoms with Gasteiger partial charge in [0.15, 0.2) is 0 Å². The lowest BCUT2D eigenvalue weighted by atomic mass is 9.71. The van der Waals surface area contributed by atoms with E-state index in [1.165, 1.54) is 39.0 Å². The molecule has 0 heterocycles. The van der Waals surface area contributed by atoms with Gasteiger partial charge in [0.25, 0.3) is 0 Å². The number of allylic oxidation sites excluding steroid dienone is 22. The molecule has 43 heavy (non-hydrogen) atoms. The number of rotatable bonds is 14. The fourth-order valence-corrected chi connectivity index (χ4v) is 4.75. The first-order chi connectivity index (χ1) is 20.1. The number of hydrogen-bond acceptors (Lipinski definition) is 2. The highest BCUT2D eigenvalue weighted by Gasteiger charge is 2.31. The minimum absolute atomic E-state index is 0.00701. The molecule has 0 radical (unpaired) electrons. The van der Waals surface area contributed by atoms with Crippen LogP contribution in [0.3, 0.4) is 0 Å². The molecule has 0 bridgehead atoms. The molecule has 0 fully saturated rings. The fraction of sp³-hybridized carbons (Fsp3) is 0.415. The van der Waals surface area contributed by atoms with Crippen LogP contribution in [0.4, 0.5) is 0 Å². The number of aliphatic hydroxyl groups excluding tert-OH is 1. The maximum Gasteiger partial charge on any atom is 0.0657 e. The molecule has 0 aromatic rings. The van der Waals surface area contributed by atoms with Crippen molar-refractivity contribution >= 4 is 0 Å². The third kappa shape index (κ3) is 16.9. The van der Waals surface area contributed by atoms with Crippen molar-refractivity contribution in [2.24, 2.45) is 5.41 Å². The topological polar surface area (TPSA) is 29.5 Å². The van der Waals surface area contributed by atoms with Crippen LogP contribution in [0.5, 0.6) is 0 Å². The number of aliphatic hydroxyl groups is 1. The van der Waals surface area contributed by atoms with Gasteiger partial charge < -0.3 is 9.84 Å². The van der Waals surface area contributed by atoms with Gasteiger partial charge in [0.1, 0.15) is 0 Å². The molecule has 234 valence electrons. The Kier molecular flexibility index (Phi) is 16.8. The van der Waals surface area contributed by atoms with Gasteiger partial charge in [-0.05, 0) is 85.6 Å². The zero-order valence-corrected chi connectivity index (χ0v) is 28.9. The molecule has 0 amide bonds. The van der Waals surface area contributed by atoms with E-state index in [4.69, 9.17) is 4.74 Å². The third-order valence-corrected chi connectivity index (χ3v) is 7.52. The minimum atomic E-state index is -0.225. The Bertz CT molecular complexity index is 1270. The van der Waals surface area contributed by atoms with E-state index in [0.29, 0.717) is 0 Å². The molecule has 2 nitrogen and oxygen atoms in total. The molecule has 0 saturated heterocycles. The lowest BCUT2D eigenvalue weighted by Crippen LogP contribution is -2.28. The van der Waals surface area contributed by atoms with Crippen molar-refractivity contribution in [2.45, 2.75) is 100 Å². The SMILES string of the molecule is COC(C)(C)CC=CC(C)=CC=CC(C)=CC=CC(C)=CC=CC=C(C)C=CC=C(C)C=CC1=C(C)CC(O)CC1(C)C. The van der Waals surface area contributed by atoms with Gasteiger partial charge in [0.2, 0.25) is 0 Å².